The molecular formula is C13H19N3OS. The predicted molar refractivity (Wildman–Crippen MR) is 75.3 cm³/mol. The first-order valence-corrected chi connectivity index (χ1v) is 7.18. The fourth-order valence-corrected chi connectivity index (χ4v) is 3.31. The number of hydrogen-bond acceptors (Lipinski definition) is 4. The van der Waals surface area contributed by atoms with E-state index in [1.54, 1.807) is 0 Å². The van der Waals surface area contributed by atoms with Crippen LogP contribution in [0, 0.1) is 0 Å². The van der Waals surface area contributed by atoms with Gasteiger partial charge in [-0.05, 0) is 11.6 Å². The van der Waals surface area contributed by atoms with Crippen LogP contribution in [0.4, 0.5) is 0 Å². The van der Waals surface area contributed by atoms with Crippen molar-refractivity contribution in [2.45, 2.75) is 18.7 Å². The Morgan fingerprint density at radius 2 is 2.33 bits per heavy atom. The van der Waals surface area contributed by atoms with E-state index in [2.05, 4.69) is 17.2 Å². The molecule has 98 valence electrons. The molecule has 1 heterocycles. The summed E-state index contributed by atoms with van der Waals surface area (Å²) in [5.74, 6) is 6.15. The van der Waals surface area contributed by atoms with E-state index >= 15 is 0 Å². The second-order valence-electron chi connectivity index (χ2n) is 4.55. The fourth-order valence-electron chi connectivity index (χ4n) is 2.23. The Bertz CT molecular complexity index is 424. The van der Waals surface area contributed by atoms with Crippen molar-refractivity contribution in [3.63, 3.8) is 0 Å². The van der Waals surface area contributed by atoms with Crippen LogP contribution in [0.5, 0.6) is 0 Å². The highest BCUT2D eigenvalue weighted by Crippen LogP contribution is 2.20. The molecule has 2 rings (SSSR count). The van der Waals surface area contributed by atoms with Gasteiger partial charge in [0.25, 0.3) is 5.91 Å². The maximum atomic E-state index is 11.7. The van der Waals surface area contributed by atoms with Crippen molar-refractivity contribution in [1.29, 1.82) is 0 Å². The second kappa shape index (κ2) is 6.22. The van der Waals surface area contributed by atoms with Gasteiger partial charge in [0, 0.05) is 36.2 Å². The summed E-state index contributed by atoms with van der Waals surface area (Å²) in [6.45, 7) is 5.21. The number of rotatable bonds is 3. The van der Waals surface area contributed by atoms with Crippen molar-refractivity contribution in [3.05, 3.63) is 35.4 Å². The van der Waals surface area contributed by atoms with Crippen LogP contribution in [-0.2, 0) is 6.54 Å². The van der Waals surface area contributed by atoms with Crippen LogP contribution < -0.4 is 11.3 Å². The van der Waals surface area contributed by atoms with Gasteiger partial charge in [-0.1, -0.05) is 25.1 Å². The number of thioether (sulfide) groups is 1. The number of benzene rings is 1. The van der Waals surface area contributed by atoms with Crippen LogP contribution in [0.15, 0.2) is 24.3 Å². The van der Waals surface area contributed by atoms with E-state index in [4.69, 9.17) is 5.84 Å². The Labute approximate surface area is 112 Å². The summed E-state index contributed by atoms with van der Waals surface area (Å²) in [5.41, 5.74) is 3.92. The van der Waals surface area contributed by atoms with Crippen LogP contribution in [0.3, 0.4) is 0 Å². The van der Waals surface area contributed by atoms with E-state index in [-0.39, 0.29) is 5.91 Å². The lowest BCUT2D eigenvalue weighted by Gasteiger charge is -2.30. The van der Waals surface area contributed by atoms with Crippen LogP contribution in [0.2, 0.25) is 0 Å². The molecular weight excluding hydrogens is 246 g/mol. The zero-order valence-corrected chi connectivity index (χ0v) is 11.4. The molecule has 1 aliphatic rings. The molecule has 3 N–H and O–H groups in total. The molecule has 0 saturated carbocycles. The number of carbonyl (C=O) groups is 1. The topological polar surface area (TPSA) is 58.4 Å². The van der Waals surface area contributed by atoms with Gasteiger partial charge >= 0.3 is 0 Å². The molecule has 1 amide bonds. The minimum absolute atomic E-state index is 0.218. The molecule has 0 spiro atoms. The zero-order valence-electron chi connectivity index (χ0n) is 10.6. The summed E-state index contributed by atoms with van der Waals surface area (Å²) in [7, 11) is 0. The number of nitrogens with one attached hydrogen (secondary N) is 1. The largest absolute Gasteiger partial charge is 0.297 e. The first-order chi connectivity index (χ1) is 8.70. The smallest absolute Gasteiger partial charge is 0.265 e. The fraction of sp³-hybridized carbons (Fsp3) is 0.462. The lowest BCUT2D eigenvalue weighted by molar-refractivity contribution is 0.0951. The quantitative estimate of drug-likeness (QED) is 0.490. The Hall–Kier alpha value is -1.04. The number of nitrogens with zero attached hydrogens (tertiary/aromatic N) is 1. The first kappa shape index (κ1) is 13.4. The molecule has 1 saturated heterocycles. The molecule has 1 unspecified atom stereocenters. The highest BCUT2D eigenvalue weighted by Gasteiger charge is 2.18. The summed E-state index contributed by atoms with van der Waals surface area (Å²) >= 11 is 2.01. The standard InChI is InChI=1S/C13H19N3OS/c1-10-8-16(6-7-18-10)9-11-4-2-3-5-12(11)13(17)15-14/h2-5,10H,6-9,14H2,1H3,(H,15,17). The molecule has 1 fully saturated rings. The van der Waals surface area contributed by atoms with E-state index in [9.17, 15) is 4.79 Å². The lowest BCUT2D eigenvalue weighted by Crippen LogP contribution is -2.37. The van der Waals surface area contributed by atoms with Crippen LogP contribution in [0.1, 0.15) is 22.8 Å². The summed E-state index contributed by atoms with van der Waals surface area (Å²) in [5, 5.41) is 0.661. The van der Waals surface area contributed by atoms with Gasteiger partial charge in [-0.3, -0.25) is 15.1 Å². The number of nitrogens with two attached hydrogens (primary N) is 1. The number of hydrogen-bond donors (Lipinski definition) is 2. The summed E-state index contributed by atoms with van der Waals surface area (Å²) in [6, 6.07) is 7.64. The Balaban J connectivity index is 2.10. The molecule has 4 nitrogen and oxygen atoms in total. The second-order valence-corrected chi connectivity index (χ2v) is 6.09. The first-order valence-electron chi connectivity index (χ1n) is 6.13. The highest BCUT2D eigenvalue weighted by atomic mass is 32.2. The third kappa shape index (κ3) is 3.25. The average Bonchev–Trinajstić information content (AvgIpc) is 2.38. The van der Waals surface area contributed by atoms with Crippen LogP contribution >= 0.6 is 11.8 Å². The van der Waals surface area contributed by atoms with E-state index in [0.717, 1.165) is 31.0 Å². The third-order valence-corrected chi connectivity index (χ3v) is 4.25. The molecule has 5 heteroatoms. The van der Waals surface area contributed by atoms with Gasteiger partial charge in [0.05, 0.1) is 0 Å². The molecule has 0 aromatic heterocycles. The zero-order chi connectivity index (χ0) is 13.0. The van der Waals surface area contributed by atoms with Crippen LogP contribution in [-0.4, -0.2) is 34.9 Å². The SMILES string of the molecule is CC1CN(Cc2ccccc2C(=O)NN)CCS1. The predicted octanol–water partition coefficient (Wildman–Crippen LogP) is 1.23. The van der Waals surface area contributed by atoms with E-state index in [1.807, 2.05) is 36.0 Å². The van der Waals surface area contributed by atoms with Gasteiger partial charge in [-0.25, -0.2) is 5.84 Å². The van der Waals surface area contributed by atoms with Crippen molar-refractivity contribution in [2.24, 2.45) is 5.84 Å². The Kier molecular flexibility index (Phi) is 4.63. The van der Waals surface area contributed by atoms with Gasteiger partial charge in [0.1, 0.15) is 0 Å². The van der Waals surface area contributed by atoms with E-state index in [1.165, 1.54) is 0 Å². The summed E-state index contributed by atoms with van der Waals surface area (Å²) in [6.07, 6.45) is 0. The summed E-state index contributed by atoms with van der Waals surface area (Å²) in [4.78, 5) is 14.1. The Morgan fingerprint density at radius 3 is 3.06 bits per heavy atom. The number of carbonyl (C=O) groups excluding carboxylic acids is 1. The number of nitrogen functional groups attached to an aromatic ring is 1. The van der Waals surface area contributed by atoms with Crippen molar-refractivity contribution in [3.8, 4) is 0 Å². The molecule has 1 aromatic carbocycles. The van der Waals surface area contributed by atoms with Gasteiger partial charge in [-0.2, -0.15) is 11.8 Å². The average molecular weight is 265 g/mol. The summed E-state index contributed by atoms with van der Waals surface area (Å²) < 4.78 is 0. The maximum Gasteiger partial charge on any atom is 0.265 e. The van der Waals surface area contributed by atoms with Gasteiger partial charge in [-0.15, -0.1) is 0 Å². The normalized spacial score (nSPS) is 20.7. The van der Waals surface area contributed by atoms with E-state index in [0.29, 0.717) is 10.8 Å². The molecule has 0 bridgehead atoms. The third-order valence-electron chi connectivity index (χ3n) is 3.11. The van der Waals surface area contributed by atoms with Crippen molar-refractivity contribution >= 4 is 17.7 Å². The molecule has 1 aliphatic heterocycles. The van der Waals surface area contributed by atoms with Gasteiger partial charge in [0.2, 0.25) is 0 Å². The highest BCUT2D eigenvalue weighted by molar-refractivity contribution is 7.99. The van der Waals surface area contributed by atoms with Gasteiger partial charge in [0.15, 0.2) is 0 Å². The van der Waals surface area contributed by atoms with Crippen LogP contribution in [0.25, 0.3) is 0 Å². The van der Waals surface area contributed by atoms with E-state index < -0.39 is 0 Å². The molecule has 0 radical (unpaired) electrons. The maximum absolute atomic E-state index is 11.7. The van der Waals surface area contributed by atoms with Crippen molar-refractivity contribution in [2.75, 3.05) is 18.8 Å². The van der Waals surface area contributed by atoms with Crippen molar-refractivity contribution in [1.82, 2.24) is 10.3 Å². The molecule has 18 heavy (non-hydrogen) atoms. The minimum atomic E-state index is -0.218. The minimum Gasteiger partial charge on any atom is -0.297 e. The number of amides is 1. The van der Waals surface area contributed by atoms with Gasteiger partial charge < -0.3 is 0 Å². The Morgan fingerprint density at radius 1 is 1.56 bits per heavy atom. The lowest BCUT2D eigenvalue weighted by atomic mass is 10.1. The molecule has 0 aliphatic carbocycles. The van der Waals surface area contributed by atoms with Crippen molar-refractivity contribution < 1.29 is 4.79 Å². The number of hydrazine groups is 1. The monoisotopic (exact) mass is 265 g/mol. The molecule has 1 aromatic rings. The molecule has 1 atom stereocenters.